The van der Waals surface area contributed by atoms with Crippen molar-refractivity contribution in [2.75, 3.05) is 12.0 Å². The van der Waals surface area contributed by atoms with Gasteiger partial charge in [0.05, 0.1) is 19.2 Å². The number of alkyl halides is 3. The molecule has 7 heteroatoms. The Balaban J connectivity index is 2.05. The number of anilines is 1. The quantitative estimate of drug-likeness (QED) is 0.820. The number of carbonyl (C=O) groups excluding carboxylic acids is 1. The third-order valence-electron chi connectivity index (χ3n) is 4.00. The van der Waals surface area contributed by atoms with E-state index in [1.54, 1.807) is 25.1 Å². The molecule has 0 aliphatic carbocycles. The fourth-order valence-electron chi connectivity index (χ4n) is 2.74. The lowest BCUT2D eigenvalue weighted by Gasteiger charge is -2.23. The van der Waals surface area contributed by atoms with E-state index in [0.717, 1.165) is 12.1 Å². The highest BCUT2D eigenvalue weighted by atomic mass is 19.4. The third kappa shape index (κ3) is 3.26. The molecule has 1 atom stereocenters. The number of para-hydroxylation sites is 1. The second-order valence-corrected chi connectivity index (χ2v) is 5.68. The van der Waals surface area contributed by atoms with Crippen molar-refractivity contribution in [2.24, 2.45) is 0 Å². The summed E-state index contributed by atoms with van der Waals surface area (Å²) in [5, 5.41) is 0. The first kappa shape index (κ1) is 17.1. The third-order valence-corrected chi connectivity index (χ3v) is 4.00. The van der Waals surface area contributed by atoms with Gasteiger partial charge in [0.25, 0.3) is 5.91 Å². The highest BCUT2D eigenvalue weighted by Crippen LogP contribution is 2.37. The van der Waals surface area contributed by atoms with E-state index in [-0.39, 0.29) is 12.2 Å². The number of halogens is 3. The summed E-state index contributed by atoms with van der Waals surface area (Å²) in [7, 11) is 1.49. The van der Waals surface area contributed by atoms with Crippen molar-refractivity contribution in [1.82, 2.24) is 0 Å². The Bertz CT molecular complexity index is 804. The van der Waals surface area contributed by atoms with Gasteiger partial charge >= 0.3 is 6.18 Å². The molecule has 0 aromatic heterocycles. The van der Waals surface area contributed by atoms with Gasteiger partial charge in [-0.05, 0) is 31.2 Å². The number of hydrogen-bond acceptors (Lipinski definition) is 3. The number of carbonyl (C=O) groups is 1. The number of benzene rings is 2. The van der Waals surface area contributed by atoms with Gasteiger partial charge in [-0.3, -0.25) is 4.79 Å². The molecule has 0 bridgehead atoms. The van der Waals surface area contributed by atoms with Crippen LogP contribution in [-0.2, 0) is 17.5 Å². The van der Waals surface area contributed by atoms with Crippen molar-refractivity contribution in [3.8, 4) is 11.5 Å². The molecule has 1 heterocycles. The molecular weight excluding hydrogens is 335 g/mol. The first-order valence-corrected chi connectivity index (χ1v) is 7.62. The monoisotopic (exact) mass is 351 g/mol. The minimum atomic E-state index is -4.48. The zero-order valence-electron chi connectivity index (χ0n) is 13.6. The van der Waals surface area contributed by atoms with Gasteiger partial charge in [-0.25, -0.2) is 0 Å². The first-order chi connectivity index (χ1) is 11.8. The lowest BCUT2D eigenvalue weighted by molar-refractivity contribution is -0.137. The molecular formula is C18H16F3NO3. The van der Waals surface area contributed by atoms with E-state index in [1.807, 2.05) is 0 Å². The minimum absolute atomic E-state index is 0.0943. The average molecular weight is 351 g/mol. The topological polar surface area (TPSA) is 38.8 Å². The van der Waals surface area contributed by atoms with Crippen LogP contribution in [0.1, 0.15) is 18.1 Å². The fourth-order valence-corrected chi connectivity index (χ4v) is 2.74. The largest absolute Gasteiger partial charge is 0.493 e. The number of rotatable bonds is 2. The zero-order valence-corrected chi connectivity index (χ0v) is 13.6. The average Bonchev–Trinajstić information content (AvgIpc) is 2.71. The summed E-state index contributed by atoms with van der Waals surface area (Å²) in [6.45, 7) is 1.65. The smallest absolute Gasteiger partial charge is 0.416 e. The number of nitrogens with zero attached hydrogens (tertiary/aromatic N) is 1. The van der Waals surface area contributed by atoms with E-state index >= 15 is 0 Å². The minimum Gasteiger partial charge on any atom is -0.493 e. The highest BCUT2D eigenvalue weighted by Gasteiger charge is 2.34. The Kier molecular flexibility index (Phi) is 4.32. The molecule has 0 unspecified atom stereocenters. The fraction of sp³-hybridized carbons (Fsp3) is 0.278. The number of hydrogen-bond donors (Lipinski definition) is 0. The molecule has 4 nitrogen and oxygen atoms in total. The molecule has 1 aliphatic heterocycles. The Morgan fingerprint density at radius 2 is 1.92 bits per heavy atom. The summed E-state index contributed by atoms with van der Waals surface area (Å²) in [5.74, 6) is 0.487. The van der Waals surface area contributed by atoms with Crippen LogP contribution in [0, 0.1) is 0 Å². The van der Waals surface area contributed by atoms with E-state index in [2.05, 4.69) is 0 Å². The highest BCUT2D eigenvalue weighted by molar-refractivity contribution is 5.97. The number of fused-ring (bicyclic) bond motifs is 1. The number of methoxy groups -OCH3 is 1. The SMILES string of the molecule is COc1cccc2c1O[C@@H](C)C(=O)N(c1cccc(C(F)(F)F)c1)C2. The summed E-state index contributed by atoms with van der Waals surface area (Å²) in [6, 6.07) is 9.91. The predicted molar refractivity (Wildman–Crippen MR) is 85.7 cm³/mol. The summed E-state index contributed by atoms with van der Waals surface area (Å²) >= 11 is 0. The molecule has 2 aromatic rings. The van der Waals surface area contributed by atoms with E-state index in [0.29, 0.717) is 17.1 Å². The van der Waals surface area contributed by atoms with Gasteiger partial charge in [0.2, 0.25) is 0 Å². The van der Waals surface area contributed by atoms with E-state index < -0.39 is 23.8 Å². The summed E-state index contributed by atoms with van der Waals surface area (Å²) in [5.41, 5.74) is 0.0295. The van der Waals surface area contributed by atoms with Crippen LogP contribution in [0.15, 0.2) is 42.5 Å². The molecule has 0 saturated heterocycles. The van der Waals surface area contributed by atoms with E-state index in [1.165, 1.54) is 24.1 Å². The Hall–Kier alpha value is -2.70. The van der Waals surface area contributed by atoms with Gasteiger partial charge in [0.15, 0.2) is 17.6 Å². The second kappa shape index (κ2) is 6.31. The van der Waals surface area contributed by atoms with Crippen LogP contribution in [-0.4, -0.2) is 19.1 Å². The summed E-state index contributed by atoms with van der Waals surface area (Å²) < 4.78 is 49.9. The molecule has 1 amide bonds. The molecule has 3 rings (SSSR count). The van der Waals surface area contributed by atoms with Gasteiger partial charge < -0.3 is 14.4 Å². The molecule has 25 heavy (non-hydrogen) atoms. The molecule has 2 aromatic carbocycles. The van der Waals surface area contributed by atoms with Crippen LogP contribution in [0.25, 0.3) is 0 Å². The molecule has 0 fully saturated rings. The van der Waals surface area contributed by atoms with Crippen LogP contribution in [0.3, 0.4) is 0 Å². The van der Waals surface area contributed by atoms with Crippen LogP contribution in [0.2, 0.25) is 0 Å². The Labute approximate surface area is 142 Å². The molecule has 1 aliphatic rings. The number of amides is 1. The summed E-state index contributed by atoms with van der Waals surface area (Å²) in [4.78, 5) is 14.0. The maximum atomic E-state index is 13.0. The van der Waals surface area contributed by atoms with Gasteiger partial charge in [-0.2, -0.15) is 13.2 Å². The van der Waals surface area contributed by atoms with Crippen molar-refractivity contribution in [3.63, 3.8) is 0 Å². The Morgan fingerprint density at radius 1 is 1.20 bits per heavy atom. The molecule has 132 valence electrons. The summed E-state index contributed by atoms with van der Waals surface area (Å²) in [6.07, 6.45) is -5.33. The molecule has 0 spiro atoms. The maximum absolute atomic E-state index is 13.0. The van der Waals surface area contributed by atoms with Crippen molar-refractivity contribution in [2.45, 2.75) is 25.7 Å². The van der Waals surface area contributed by atoms with Gasteiger partial charge in [-0.1, -0.05) is 18.2 Å². The molecule has 0 N–H and O–H groups in total. The standard InChI is InChI=1S/C18H16F3NO3/c1-11-17(23)22(14-7-4-6-13(9-14)18(19,20)21)10-12-5-3-8-15(24-2)16(12)25-11/h3-9,11H,10H2,1-2H3/t11-/m0/s1. The van der Waals surface area contributed by atoms with Gasteiger partial charge in [0.1, 0.15) is 0 Å². The molecule has 0 radical (unpaired) electrons. The van der Waals surface area contributed by atoms with Gasteiger partial charge in [-0.15, -0.1) is 0 Å². The zero-order chi connectivity index (χ0) is 18.2. The van der Waals surface area contributed by atoms with Crippen LogP contribution in [0.5, 0.6) is 11.5 Å². The molecule has 0 saturated carbocycles. The van der Waals surface area contributed by atoms with E-state index in [9.17, 15) is 18.0 Å². The van der Waals surface area contributed by atoms with Crippen LogP contribution in [0.4, 0.5) is 18.9 Å². The van der Waals surface area contributed by atoms with Crippen molar-refractivity contribution >= 4 is 11.6 Å². The van der Waals surface area contributed by atoms with Gasteiger partial charge in [0, 0.05) is 11.3 Å². The Morgan fingerprint density at radius 3 is 2.60 bits per heavy atom. The normalized spacial score (nSPS) is 17.6. The van der Waals surface area contributed by atoms with Crippen LogP contribution < -0.4 is 14.4 Å². The van der Waals surface area contributed by atoms with Crippen molar-refractivity contribution < 1.29 is 27.4 Å². The number of ether oxygens (including phenoxy) is 2. The lowest BCUT2D eigenvalue weighted by atomic mass is 10.1. The van der Waals surface area contributed by atoms with Crippen molar-refractivity contribution in [1.29, 1.82) is 0 Å². The maximum Gasteiger partial charge on any atom is 0.416 e. The van der Waals surface area contributed by atoms with E-state index in [4.69, 9.17) is 9.47 Å². The predicted octanol–water partition coefficient (Wildman–Crippen LogP) is 4.03. The van der Waals surface area contributed by atoms with Crippen molar-refractivity contribution in [3.05, 3.63) is 53.6 Å². The second-order valence-electron chi connectivity index (χ2n) is 5.68. The first-order valence-electron chi connectivity index (χ1n) is 7.62. The van der Waals surface area contributed by atoms with Crippen LogP contribution >= 0.6 is 0 Å². The lowest BCUT2D eigenvalue weighted by Crippen LogP contribution is -2.38.